The Balaban J connectivity index is 2.71. The Labute approximate surface area is 119 Å². The molecule has 0 radical (unpaired) electrons. The molecule has 0 aliphatic rings. The second kappa shape index (κ2) is 5.66. The highest BCUT2D eigenvalue weighted by Gasteiger charge is 2.24. The number of hydrogen-bond acceptors (Lipinski definition) is 3. The lowest BCUT2D eigenvalue weighted by atomic mass is 9.91. The van der Waals surface area contributed by atoms with Crippen molar-refractivity contribution < 1.29 is 14.3 Å². The highest BCUT2D eigenvalue weighted by molar-refractivity contribution is 7.57. The van der Waals surface area contributed by atoms with Crippen LogP contribution in [0.2, 0.25) is 0 Å². The molecule has 0 heterocycles. The van der Waals surface area contributed by atoms with Crippen LogP contribution in [0.5, 0.6) is 0 Å². The Morgan fingerprint density at radius 2 is 1.60 bits per heavy atom. The van der Waals surface area contributed by atoms with Crippen molar-refractivity contribution >= 4 is 13.6 Å². The number of rotatable bonds is 3. The quantitative estimate of drug-likeness (QED) is 0.811. The Hall–Kier alpha value is -1.83. The van der Waals surface area contributed by atoms with Crippen molar-refractivity contribution in [1.82, 2.24) is 0 Å². The van der Waals surface area contributed by atoms with E-state index in [9.17, 15) is 14.3 Å². The van der Waals surface area contributed by atoms with Gasteiger partial charge in [-0.1, -0.05) is 34.9 Å². The van der Waals surface area contributed by atoms with Gasteiger partial charge in [0, 0.05) is 0 Å². The molecule has 1 unspecified atom stereocenters. The van der Waals surface area contributed by atoms with E-state index in [0.717, 1.165) is 27.8 Å². The van der Waals surface area contributed by atoms with Crippen LogP contribution >= 0.6 is 8.03 Å². The standard InChI is InChI=1S/C16H15O3P/c1-10-11(2)14(13-7-5-4-6-8-13)9-15(12(10)3)16(17)20(18)19/h4-9H,1-3H3. The van der Waals surface area contributed by atoms with Crippen LogP contribution < -0.4 is 4.89 Å². The lowest BCUT2D eigenvalue weighted by Gasteiger charge is -2.14. The Morgan fingerprint density at radius 3 is 2.15 bits per heavy atom. The Morgan fingerprint density at radius 1 is 1.00 bits per heavy atom. The number of benzene rings is 2. The molecule has 102 valence electrons. The first-order chi connectivity index (χ1) is 9.43. The maximum atomic E-state index is 11.8. The summed E-state index contributed by atoms with van der Waals surface area (Å²) in [5.41, 5.74) is 4.06. The zero-order valence-electron chi connectivity index (χ0n) is 11.6. The third-order valence-electron chi connectivity index (χ3n) is 3.70. The van der Waals surface area contributed by atoms with Gasteiger partial charge in [-0.15, -0.1) is 0 Å². The summed E-state index contributed by atoms with van der Waals surface area (Å²) in [5.74, 6) is 0. The van der Waals surface area contributed by atoms with Gasteiger partial charge in [0.1, 0.15) is 0 Å². The summed E-state index contributed by atoms with van der Waals surface area (Å²) >= 11 is 0. The lowest BCUT2D eigenvalue weighted by molar-refractivity contribution is -0.161. The van der Waals surface area contributed by atoms with Crippen LogP contribution in [-0.2, 0) is 4.57 Å². The van der Waals surface area contributed by atoms with Crippen LogP contribution in [0.4, 0.5) is 0 Å². The summed E-state index contributed by atoms with van der Waals surface area (Å²) in [5, 5.41) is 0. The largest absolute Gasteiger partial charge is 0.588 e. The molecule has 0 saturated carbocycles. The molecule has 0 aliphatic carbocycles. The van der Waals surface area contributed by atoms with Crippen LogP contribution in [0.3, 0.4) is 0 Å². The Kier molecular flexibility index (Phi) is 4.12. The van der Waals surface area contributed by atoms with Gasteiger partial charge < -0.3 is 4.89 Å². The predicted molar refractivity (Wildman–Crippen MR) is 78.0 cm³/mol. The fraction of sp³-hybridized carbons (Fsp3) is 0.188. The summed E-state index contributed by atoms with van der Waals surface area (Å²) in [6, 6.07) is 11.3. The van der Waals surface area contributed by atoms with Gasteiger partial charge in [0.15, 0.2) is 0 Å². The van der Waals surface area contributed by atoms with Crippen LogP contribution in [0.25, 0.3) is 11.1 Å². The van der Waals surface area contributed by atoms with Crippen molar-refractivity contribution in [3.8, 4) is 11.1 Å². The maximum absolute atomic E-state index is 11.8. The van der Waals surface area contributed by atoms with Gasteiger partial charge in [0.25, 0.3) is 0 Å². The van der Waals surface area contributed by atoms with E-state index in [1.165, 1.54) is 0 Å². The smallest absolute Gasteiger partial charge is 0.393 e. The molecule has 0 N–H and O–H groups in total. The van der Waals surface area contributed by atoms with Gasteiger partial charge in [0.05, 0.1) is 5.56 Å². The van der Waals surface area contributed by atoms with E-state index in [1.54, 1.807) is 13.0 Å². The van der Waals surface area contributed by atoms with Gasteiger partial charge in [0.2, 0.25) is 0 Å². The minimum Gasteiger partial charge on any atom is -0.588 e. The summed E-state index contributed by atoms with van der Waals surface area (Å²) in [4.78, 5) is 22.8. The van der Waals surface area contributed by atoms with Gasteiger partial charge in [-0.05, 0) is 54.7 Å². The molecule has 2 aromatic carbocycles. The average Bonchev–Trinajstić information content (AvgIpc) is 2.45. The molecule has 0 fully saturated rings. The second-order valence-electron chi connectivity index (χ2n) is 4.77. The molecular weight excluding hydrogens is 271 g/mol. The lowest BCUT2D eigenvalue weighted by Crippen LogP contribution is -2.06. The van der Waals surface area contributed by atoms with Crippen LogP contribution in [-0.4, -0.2) is 5.52 Å². The molecule has 2 aromatic rings. The van der Waals surface area contributed by atoms with Crippen molar-refractivity contribution in [3.63, 3.8) is 0 Å². The molecule has 2 rings (SSSR count). The topological polar surface area (TPSA) is 57.2 Å². The SMILES string of the molecule is Cc1c(C(=O)[P+](=O)[O-])cc(-c2ccccc2)c(C)c1C. The zero-order chi connectivity index (χ0) is 14.9. The highest BCUT2D eigenvalue weighted by atomic mass is 31.1. The van der Waals surface area contributed by atoms with Gasteiger partial charge in [-0.25, -0.2) is 4.79 Å². The molecular formula is C16H15O3P. The molecule has 0 spiro atoms. The number of hydrogen-bond donors (Lipinski definition) is 0. The first kappa shape index (κ1) is 14.6. The van der Waals surface area contributed by atoms with Crippen molar-refractivity contribution in [2.45, 2.75) is 20.8 Å². The molecule has 0 aromatic heterocycles. The number of carbonyl (C=O) groups is 1. The van der Waals surface area contributed by atoms with Gasteiger partial charge in [-0.2, -0.15) is 0 Å². The third-order valence-corrected chi connectivity index (χ3v) is 4.28. The van der Waals surface area contributed by atoms with E-state index in [-0.39, 0.29) is 5.56 Å². The van der Waals surface area contributed by atoms with Crippen LogP contribution in [0, 0.1) is 20.8 Å². The van der Waals surface area contributed by atoms with Crippen LogP contribution in [0.15, 0.2) is 36.4 Å². The average molecular weight is 286 g/mol. The van der Waals surface area contributed by atoms with E-state index in [1.807, 2.05) is 44.2 Å². The van der Waals surface area contributed by atoms with E-state index in [0.29, 0.717) is 0 Å². The maximum Gasteiger partial charge on any atom is 0.393 e. The summed E-state index contributed by atoms with van der Waals surface area (Å²) in [7, 11) is -3.10. The second-order valence-corrected chi connectivity index (χ2v) is 5.70. The highest BCUT2D eigenvalue weighted by Crippen LogP contribution is 2.32. The minimum absolute atomic E-state index is 0.267. The van der Waals surface area contributed by atoms with Gasteiger partial charge >= 0.3 is 13.6 Å². The first-order valence-corrected chi connectivity index (χ1v) is 7.46. The summed E-state index contributed by atoms with van der Waals surface area (Å²) in [6.45, 7) is 5.67. The summed E-state index contributed by atoms with van der Waals surface area (Å²) < 4.78 is 11.0. The van der Waals surface area contributed by atoms with Crippen molar-refractivity contribution in [2.24, 2.45) is 0 Å². The fourth-order valence-corrected chi connectivity index (χ4v) is 2.71. The number of carbonyl (C=O) groups excluding carboxylic acids is 1. The van der Waals surface area contributed by atoms with E-state index in [4.69, 9.17) is 0 Å². The first-order valence-electron chi connectivity index (χ1n) is 6.28. The normalized spacial score (nSPS) is 11.3. The third kappa shape index (κ3) is 2.55. The van der Waals surface area contributed by atoms with E-state index in [2.05, 4.69) is 0 Å². The molecule has 1 atom stereocenters. The summed E-state index contributed by atoms with van der Waals surface area (Å²) in [6.07, 6.45) is 0. The fourth-order valence-electron chi connectivity index (χ4n) is 2.28. The van der Waals surface area contributed by atoms with Crippen molar-refractivity contribution in [2.75, 3.05) is 0 Å². The zero-order valence-corrected chi connectivity index (χ0v) is 12.5. The molecule has 3 nitrogen and oxygen atoms in total. The van der Waals surface area contributed by atoms with Crippen molar-refractivity contribution in [1.29, 1.82) is 0 Å². The minimum atomic E-state index is -3.10. The van der Waals surface area contributed by atoms with Crippen LogP contribution in [0.1, 0.15) is 27.0 Å². The molecule has 0 bridgehead atoms. The molecule has 0 aliphatic heterocycles. The van der Waals surface area contributed by atoms with E-state index < -0.39 is 13.6 Å². The molecule has 0 amide bonds. The van der Waals surface area contributed by atoms with E-state index >= 15 is 0 Å². The van der Waals surface area contributed by atoms with Gasteiger partial charge in [-0.3, -0.25) is 0 Å². The molecule has 0 saturated heterocycles. The Bertz CT molecular complexity index is 691. The molecule has 20 heavy (non-hydrogen) atoms. The molecule has 4 heteroatoms. The van der Waals surface area contributed by atoms with Crippen molar-refractivity contribution in [3.05, 3.63) is 58.7 Å². The predicted octanol–water partition coefficient (Wildman–Crippen LogP) is 3.52. The monoisotopic (exact) mass is 286 g/mol.